The van der Waals surface area contributed by atoms with E-state index in [-0.39, 0.29) is 6.42 Å². The molecule has 0 saturated heterocycles. The molecule has 2 aliphatic rings. The Balaban J connectivity index is 1.66. The molecule has 0 unspecified atom stereocenters. The molecule has 140 valence electrons. The largest absolute Gasteiger partial charge is 0.401 e. The highest BCUT2D eigenvalue weighted by Gasteiger charge is 2.21. The molecule has 0 aromatic rings. The van der Waals surface area contributed by atoms with E-state index >= 15 is 0 Å². The molecule has 0 radical (unpaired) electrons. The zero-order chi connectivity index (χ0) is 17.4. The molecule has 2 N–H and O–H groups in total. The van der Waals surface area contributed by atoms with Crippen LogP contribution >= 0.6 is 11.8 Å². The van der Waals surface area contributed by atoms with Crippen molar-refractivity contribution >= 4 is 11.8 Å². The van der Waals surface area contributed by atoms with Crippen molar-refractivity contribution in [2.24, 2.45) is 11.7 Å². The van der Waals surface area contributed by atoms with Crippen LogP contribution in [0.1, 0.15) is 71.1 Å². The summed E-state index contributed by atoms with van der Waals surface area (Å²) in [7, 11) is 0. The normalized spacial score (nSPS) is 22.0. The first-order valence-electron chi connectivity index (χ1n) is 9.64. The first-order chi connectivity index (χ1) is 11.4. The maximum Gasteiger partial charge on any atom is 0.245 e. The van der Waals surface area contributed by atoms with E-state index in [9.17, 15) is 8.78 Å². The molecule has 1 aliphatic heterocycles. The molecule has 1 fully saturated rings. The Kier molecular flexibility index (Phi) is 8.35. The highest BCUT2D eigenvalue weighted by molar-refractivity contribution is 8.03. The van der Waals surface area contributed by atoms with Gasteiger partial charge >= 0.3 is 0 Å². The third kappa shape index (κ3) is 7.73. The second-order valence-corrected chi connectivity index (χ2v) is 8.79. The van der Waals surface area contributed by atoms with Crippen LogP contribution in [0.15, 0.2) is 10.6 Å². The van der Waals surface area contributed by atoms with Crippen molar-refractivity contribution < 1.29 is 8.78 Å². The average Bonchev–Trinajstić information content (AvgIpc) is 2.72. The monoisotopic (exact) mass is 360 g/mol. The molecule has 1 heterocycles. The highest BCUT2D eigenvalue weighted by Crippen LogP contribution is 2.30. The summed E-state index contributed by atoms with van der Waals surface area (Å²) < 4.78 is 25.7. The van der Waals surface area contributed by atoms with Crippen LogP contribution in [0.3, 0.4) is 0 Å². The summed E-state index contributed by atoms with van der Waals surface area (Å²) >= 11 is 1.70. The van der Waals surface area contributed by atoms with E-state index in [1.165, 1.54) is 50.0 Å². The van der Waals surface area contributed by atoms with Crippen molar-refractivity contribution in [3.05, 3.63) is 10.6 Å². The van der Waals surface area contributed by atoms with Gasteiger partial charge in [-0.1, -0.05) is 32.1 Å². The van der Waals surface area contributed by atoms with Crippen molar-refractivity contribution in [2.45, 2.75) is 77.1 Å². The predicted molar refractivity (Wildman–Crippen MR) is 100 cm³/mol. The minimum atomic E-state index is -2.54. The Morgan fingerprint density at radius 2 is 1.88 bits per heavy atom. The number of hydrogen-bond donors (Lipinski definition) is 1. The molecule has 1 saturated carbocycles. The fourth-order valence-electron chi connectivity index (χ4n) is 3.76. The molecule has 1 aliphatic carbocycles. The van der Waals surface area contributed by atoms with Crippen molar-refractivity contribution in [1.29, 1.82) is 0 Å². The molecule has 2 nitrogen and oxygen atoms in total. The minimum absolute atomic E-state index is 0.0271. The van der Waals surface area contributed by atoms with Crippen molar-refractivity contribution in [1.82, 2.24) is 4.90 Å². The van der Waals surface area contributed by atoms with Crippen LogP contribution in [-0.4, -0.2) is 36.2 Å². The fourth-order valence-corrected chi connectivity index (χ4v) is 4.82. The van der Waals surface area contributed by atoms with Gasteiger partial charge in [-0.15, -0.1) is 11.8 Å². The summed E-state index contributed by atoms with van der Waals surface area (Å²) in [5, 5.41) is 0. The molecule has 24 heavy (non-hydrogen) atoms. The average molecular weight is 361 g/mol. The number of thioether (sulfide) groups is 1. The fraction of sp³-hybridized carbons (Fsp3) is 0.895. The number of halogens is 2. The van der Waals surface area contributed by atoms with Gasteiger partial charge in [-0.05, 0) is 44.4 Å². The molecule has 0 aromatic carbocycles. The van der Waals surface area contributed by atoms with Gasteiger partial charge in [0, 0.05) is 36.5 Å². The number of rotatable bonds is 8. The summed E-state index contributed by atoms with van der Waals surface area (Å²) in [6.45, 7) is 4.31. The van der Waals surface area contributed by atoms with Crippen LogP contribution in [-0.2, 0) is 0 Å². The summed E-state index contributed by atoms with van der Waals surface area (Å²) in [5.41, 5.74) is 7.22. The lowest BCUT2D eigenvalue weighted by molar-refractivity contribution is 0.0126. The van der Waals surface area contributed by atoms with Gasteiger partial charge in [-0.25, -0.2) is 8.78 Å². The second kappa shape index (κ2) is 10.0. The second-order valence-electron chi connectivity index (χ2n) is 7.60. The first-order valence-corrected chi connectivity index (χ1v) is 10.6. The third-order valence-electron chi connectivity index (χ3n) is 5.33. The van der Waals surface area contributed by atoms with Gasteiger partial charge < -0.3 is 10.6 Å². The molecule has 0 amide bonds. The van der Waals surface area contributed by atoms with Crippen LogP contribution in [0.5, 0.6) is 0 Å². The van der Waals surface area contributed by atoms with Gasteiger partial charge in [-0.2, -0.15) is 0 Å². The number of nitrogens with two attached hydrogens (primary N) is 1. The molecule has 5 heteroatoms. The van der Waals surface area contributed by atoms with Crippen molar-refractivity contribution in [3.8, 4) is 0 Å². The summed E-state index contributed by atoms with van der Waals surface area (Å²) in [5.74, 6) is -0.863. The van der Waals surface area contributed by atoms with Crippen molar-refractivity contribution in [2.75, 3.05) is 25.4 Å². The van der Waals surface area contributed by atoms with Gasteiger partial charge in [0.2, 0.25) is 5.92 Å². The molecular formula is C19H34F2N2S. The Labute approximate surface area is 150 Å². The Morgan fingerprint density at radius 3 is 2.58 bits per heavy atom. The van der Waals surface area contributed by atoms with E-state index in [0.717, 1.165) is 50.2 Å². The van der Waals surface area contributed by atoms with E-state index in [1.54, 1.807) is 11.8 Å². The minimum Gasteiger partial charge on any atom is -0.401 e. The predicted octanol–water partition coefficient (Wildman–Crippen LogP) is 5.39. The Bertz CT molecular complexity index is 401. The Morgan fingerprint density at radius 1 is 1.17 bits per heavy atom. The zero-order valence-electron chi connectivity index (χ0n) is 15.2. The maximum atomic E-state index is 12.9. The molecule has 0 aromatic heterocycles. The first kappa shape index (κ1) is 20.0. The molecule has 0 spiro atoms. The summed E-state index contributed by atoms with van der Waals surface area (Å²) in [4.78, 5) is 3.80. The van der Waals surface area contributed by atoms with E-state index < -0.39 is 5.92 Å². The lowest BCUT2D eigenvalue weighted by Gasteiger charge is -2.26. The maximum absolute atomic E-state index is 12.9. The van der Waals surface area contributed by atoms with E-state index in [2.05, 4.69) is 4.90 Å². The number of alkyl halides is 2. The Hall–Kier alpha value is -0.290. The van der Waals surface area contributed by atoms with Gasteiger partial charge in [0.1, 0.15) is 0 Å². The lowest BCUT2D eigenvalue weighted by Crippen LogP contribution is -2.28. The standard InChI is InChI=1S/C19H34F2N2S/c1-19(20,21)11-5-15-24-18-10-14-23(13-9-17(18)22)12-8-16-6-3-2-4-7-16/h16H,2-15,22H2,1H3. The smallest absolute Gasteiger partial charge is 0.245 e. The SMILES string of the molecule is CC(F)(F)CCCSC1=C(N)CCN(CCC2CCCCC2)CC1. The van der Waals surface area contributed by atoms with Crippen molar-refractivity contribution in [3.63, 3.8) is 0 Å². The third-order valence-corrected chi connectivity index (χ3v) is 6.63. The molecular weight excluding hydrogens is 326 g/mol. The zero-order valence-corrected chi connectivity index (χ0v) is 16.0. The quantitative estimate of drug-likeness (QED) is 0.588. The summed E-state index contributed by atoms with van der Waals surface area (Å²) in [6.07, 6.45) is 10.8. The van der Waals surface area contributed by atoms with Crippen LogP contribution < -0.4 is 5.73 Å². The number of hydrogen-bond acceptors (Lipinski definition) is 3. The van der Waals surface area contributed by atoms with Crippen LogP contribution in [0.25, 0.3) is 0 Å². The van der Waals surface area contributed by atoms with Gasteiger partial charge in [0.25, 0.3) is 0 Å². The number of nitrogens with zero attached hydrogens (tertiary/aromatic N) is 1. The lowest BCUT2D eigenvalue weighted by atomic mass is 9.87. The van der Waals surface area contributed by atoms with Crippen LogP contribution in [0, 0.1) is 5.92 Å². The highest BCUT2D eigenvalue weighted by atomic mass is 32.2. The van der Waals surface area contributed by atoms with E-state index in [1.807, 2.05) is 0 Å². The van der Waals surface area contributed by atoms with E-state index in [0.29, 0.717) is 6.42 Å². The van der Waals surface area contributed by atoms with Gasteiger partial charge in [0.15, 0.2) is 0 Å². The van der Waals surface area contributed by atoms with Gasteiger partial charge in [0.05, 0.1) is 0 Å². The topological polar surface area (TPSA) is 29.3 Å². The van der Waals surface area contributed by atoms with Crippen LogP contribution in [0.4, 0.5) is 8.78 Å². The van der Waals surface area contributed by atoms with E-state index in [4.69, 9.17) is 5.73 Å². The molecule has 0 bridgehead atoms. The summed E-state index contributed by atoms with van der Waals surface area (Å²) in [6, 6.07) is 0. The van der Waals surface area contributed by atoms with Gasteiger partial charge in [-0.3, -0.25) is 0 Å². The van der Waals surface area contributed by atoms with Crippen LogP contribution in [0.2, 0.25) is 0 Å². The molecule has 2 rings (SSSR count). The molecule has 0 atom stereocenters.